The molecule has 2 bridgehead atoms. The normalized spacial score (nSPS) is 22.8. The summed E-state index contributed by atoms with van der Waals surface area (Å²) >= 11 is 0. The van der Waals surface area contributed by atoms with Crippen molar-refractivity contribution in [3.05, 3.63) is 71.8 Å². The van der Waals surface area contributed by atoms with Crippen molar-refractivity contribution in [3.63, 3.8) is 0 Å². The summed E-state index contributed by atoms with van der Waals surface area (Å²) in [5, 5.41) is 10.1. The monoisotopic (exact) mass is 552 g/mol. The van der Waals surface area contributed by atoms with Gasteiger partial charge < -0.3 is 5.11 Å². The van der Waals surface area contributed by atoms with Crippen molar-refractivity contribution in [1.29, 1.82) is 0 Å². The van der Waals surface area contributed by atoms with E-state index in [1.807, 2.05) is 6.92 Å². The Hall–Kier alpha value is -3.73. The van der Waals surface area contributed by atoms with Gasteiger partial charge in [-0.15, -0.1) is 0 Å². The summed E-state index contributed by atoms with van der Waals surface area (Å²) in [4.78, 5) is 24.7. The number of pyridine rings is 1. The maximum Gasteiger partial charge on any atom is 0.307 e. The Morgan fingerprint density at radius 3 is 2.44 bits per heavy atom. The highest BCUT2D eigenvalue weighted by molar-refractivity contribution is 7.90. The number of fused-ring (bicyclic) bond motifs is 4. The third kappa shape index (κ3) is 4.38. The first-order valence-electron chi connectivity index (χ1n) is 12.9. The predicted octanol–water partition coefficient (Wildman–Crippen LogP) is 5.00. The molecule has 8 nitrogen and oxygen atoms in total. The molecule has 1 N–H and O–H groups in total. The molecule has 0 radical (unpaired) electrons. The smallest absolute Gasteiger partial charge is 0.307 e. The van der Waals surface area contributed by atoms with E-state index in [4.69, 9.17) is 0 Å². The predicted molar refractivity (Wildman–Crippen MR) is 138 cm³/mol. The summed E-state index contributed by atoms with van der Waals surface area (Å²) in [5.41, 5.74) is 1.11. The van der Waals surface area contributed by atoms with Crippen LogP contribution in [0.5, 0.6) is 0 Å². The number of rotatable bonds is 6. The molecule has 3 saturated carbocycles. The van der Waals surface area contributed by atoms with Crippen LogP contribution in [-0.2, 0) is 21.2 Å². The maximum atomic E-state index is 15.0. The second-order valence-corrected chi connectivity index (χ2v) is 12.4. The highest BCUT2D eigenvalue weighted by Gasteiger charge is 2.47. The summed E-state index contributed by atoms with van der Waals surface area (Å²) in [5.74, 6) is -2.77. The number of benzene rings is 1. The van der Waals surface area contributed by atoms with Crippen molar-refractivity contribution in [2.24, 2.45) is 23.7 Å². The van der Waals surface area contributed by atoms with Gasteiger partial charge in [0.1, 0.15) is 5.82 Å². The number of aryl methyl sites for hydroxylation is 1. The fourth-order valence-electron chi connectivity index (χ4n) is 6.39. The molecule has 4 aromatic rings. The first-order valence-corrected chi connectivity index (χ1v) is 14.3. The van der Waals surface area contributed by atoms with Gasteiger partial charge >= 0.3 is 5.97 Å². The van der Waals surface area contributed by atoms with Crippen LogP contribution in [0.15, 0.2) is 53.8 Å². The number of hydrogen-bond donors (Lipinski definition) is 1. The molecular weight excluding hydrogens is 526 g/mol. The lowest BCUT2D eigenvalue weighted by molar-refractivity contribution is -0.152. The van der Waals surface area contributed by atoms with Gasteiger partial charge in [0.05, 0.1) is 28.9 Å². The third-order valence-electron chi connectivity index (χ3n) is 8.32. The third-order valence-corrected chi connectivity index (χ3v) is 9.98. The number of nitrogens with zero attached hydrogens (tertiary/aromatic N) is 4. The lowest BCUT2D eigenvalue weighted by atomic mass is 9.57. The average Bonchev–Trinajstić information content (AvgIpc) is 3.30. The standard InChI is InChI=1S/C28H26F2N4O4S/c1-15-2-8-19(9-3-15)39(37,38)34-14-22(21-10-18(29)12-32-27(21)34)26-31-13-23(30)24(33-26)11-20-16-4-6-17(7-5-16)25(20)28(35)36/h2-3,8-10,12-14,16-17,20,25H,4-7,11H2,1H3,(H,35,36)/t16?,17?,20?,25-/m0/s1. The van der Waals surface area contributed by atoms with Crippen LogP contribution in [0.1, 0.15) is 36.9 Å². The first kappa shape index (κ1) is 25.5. The summed E-state index contributed by atoms with van der Waals surface area (Å²) in [6.45, 7) is 1.84. The van der Waals surface area contributed by atoms with E-state index in [0.717, 1.165) is 53.7 Å². The Morgan fingerprint density at radius 1 is 1.05 bits per heavy atom. The molecule has 11 heteroatoms. The number of halogens is 2. The van der Waals surface area contributed by atoms with Crippen LogP contribution in [0.3, 0.4) is 0 Å². The van der Waals surface area contributed by atoms with Gasteiger partial charge in [0, 0.05) is 17.1 Å². The Labute approximate surface area is 223 Å². The van der Waals surface area contributed by atoms with Crippen LogP contribution in [-0.4, -0.2) is 38.4 Å². The van der Waals surface area contributed by atoms with E-state index in [-0.39, 0.29) is 57.2 Å². The summed E-state index contributed by atoms with van der Waals surface area (Å²) in [6, 6.07) is 7.44. The molecule has 1 aromatic carbocycles. The molecule has 7 rings (SSSR count). The Kier molecular flexibility index (Phi) is 6.21. The number of carbonyl (C=O) groups is 1. The van der Waals surface area contributed by atoms with Gasteiger partial charge in [-0.3, -0.25) is 4.79 Å². The summed E-state index contributed by atoms with van der Waals surface area (Å²) in [7, 11) is -4.11. The van der Waals surface area contributed by atoms with Crippen LogP contribution in [0.4, 0.5) is 8.78 Å². The number of carboxylic acids is 1. The van der Waals surface area contributed by atoms with Crippen molar-refractivity contribution < 1.29 is 27.1 Å². The molecule has 3 fully saturated rings. The summed E-state index contributed by atoms with van der Waals surface area (Å²) in [6.07, 6.45) is 6.87. The minimum atomic E-state index is -4.11. The van der Waals surface area contributed by atoms with Crippen molar-refractivity contribution in [1.82, 2.24) is 18.9 Å². The van der Waals surface area contributed by atoms with Crippen LogP contribution < -0.4 is 0 Å². The van der Waals surface area contributed by atoms with E-state index in [1.54, 1.807) is 12.1 Å². The fraction of sp³-hybridized carbons (Fsp3) is 0.357. The Bertz CT molecular complexity index is 1700. The molecule has 202 valence electrons. The zero-order valence-corrected chi connectivity index (χ0v) is 21.9. The van der Waals surface area contributed by atoms with Crippen molar-refractivity contribution >= 4 is 27.0 Å². The van der Waals surface area contributed by atoms with Crippen LogP contribution >= 0.6 is 0 Å². The molecule has 3 heterocycles. The number of aromatic nitrogens is 4. The lowest BCUT2D eigenvalue weighted by Crippen LogP contribution is -2.45. The van der Waals surface area contributed by atoms with Gasteiger partial charge in [0.2, 0.25) is 0 Å². The quantitative estimate of drug-likeness (QED) is 0.358. The molecule has 0 saturated heterocycles. The van der Waals surface area contributed by atoms with E-state index < -0.39 is 33.5 Å². The number of aliphatic carboxylic acids is 1. The Morgan fingerprint density at radius 2 is 1.74 bits per heavy atom. The highest BCUT2D eigenvalue weighted by Crippen LogP contribution is 2.50. The molecule has 0 aliphatic heterocycles. The van der Waals surface area contributed by atoms with E-state index in [1.165, 1.54) is 18.3 Å². The van der Waals surface area contributed by atoms with E-state index >= 15 is 0 Å². The van der Waals surface area contributed by atoms with E-state index in [0.29, 0.717) is 0 Å². The number of carboxylic acid groups (broad SMARTS) is 1. The minimum Gasteiger partial charge on any atom is -0.481 e. The largest absolute Gasteiger partial charge is 0.481 e. The van der Waals surface area contributed by atoms with Crippen LogP contribution in [0.25, 0.3) is 22.4 Å². The van der Waals surface area contributed by atoms with E-state index in [9.17, 15) is 27.1 Å². The maximum absolute atomic E-state index is 15.0. The fourth-order valence-corrected chi connectivity index (χ4v) is 7.72. The Balaban J connectivity index is 1.44. The van der Waals surface area contributed by atoms with Crippen molar-refractivity contribution in [3.8, 4) is 11.4 Å². The minimum absolute atomic E-state index is 0.00880. The molecular formula is C28H26F2N4O4S. The van der Waals surface area contributed by atoms with Crippen molar-refractivity contribution in [2.75, 3.05) is 0 Å². The molecule has 1 unspecified atom stereocenters. The van der Waals surface area contributed by atoms with Gasteiger partial charge in [-0.1, -0.05) is 17.7 Å². The molecule has 39 heavy (non-hydrogen) atoms. The van der Waals surface area contributed by atoms with E-state index in [2.05, 4.69) is 15.0 Å². The zero-order chi connectivity index (χ0) is 27.5. The molecule has 2 atom stereocenters. The topological polar surface area (TPSA) is 115 Å². The zero-order valence-electron chi connectivity index (χ0n) is 21.1. The van der Waals surface area contributed by atoms with Gasteiger partial charge in [-0.2, -0.15) is 0 Å². The lowest BCUT2D eigenvalue weighted by Gasteiger charge is -2.46. The van der Waals surface area contributed by atoms with Crippen LogP contribution in [0, 0.1) is 42.2 Å². The molecule has 3 aromatic heterocycles. The molecule has 3 aliphatic carbocycles. The second-order valence-electron chi connectivity index (χ2n) is 10.6. The molecule has 0 amide bonds. The van der Waals surface area contributed by atoms with Gasteiger partial charge in [0.15, 0.2) is 17.3 Å². The average molecular weight is 553 g/mol. The van der Waals surface area contributed by atoms with Gasteiger partial charge in [-0.05, 0) is 75.0 Å². The number of hydrogen-bond acceptors (Lipinski definition) is 6. The molecule has 3 aliphatic rings. The van der Waals surface area contributed by atoms with Gasteiger partial charge in [0.25, 0.3) is 10.0 Å². The van der Waals surface area contributed by atoms with Gasteiger partial charge in [-0.25, -0.2) is 36.1 Å². The highest BCUT2D eigenvalue weighted by atomic mass is 32.2. The van der Waals surface area contributed by atoms with Crippen molar-refractivity contribution in [2.45, 2.75) is 43.9 Å². The SMILES string of the molecule is Cc1ccc(S(=O)(=O)n2cc(-c3ncc(F)c(CC4C5CCC(CC5)[C@@H]4C(=O)O)n3)c3cc(F)cnc32)cc1. The van der Waals surface area contributed by atoms with Crippen LogP contribution in [0.2, 0.25) is 0 Å². The first-order chi connectivity index (χ1) is 18.6. The second kappa shape index (κ2) is 9.48. The summed E-state index contributed by atoms with van der Waals surface area (Å²) < 4.78 is 57.3. The molecule has 0 spiro atoms.